The van der Waals surface area contributed by atoms with Gasteiger partial charge in [-0.15, -0.1) is 0 Å². The van der Waals surface area contributed by atoms with Crippen molar-refractivity contribution in [2.45, 2.75) is 6.92 Å². The van der Waals surface area contributed by atoms with E-state index in [1.165, 1.54) is 6.92 Å². The van der Waals surface area contributed by atoms with Crippen LogP contribution in [-0.4, -0.2) is 37.4 Å². The minimum Gasteiger partial charge on any atom is -0.491 e. The van der Waals surface area contributed by atoms with Gasteiger partial charge in [0, 0.05) is 18.7 Å². The summed E-state index contributed by atoms with van der Waals surface area (Å²) in [7, 11) is 0. The Morgan fingerprint density at radius 2 is 2.18 bits per heavy atom. The van der Waals surface area contributed by atoms with Gasteiger partial charge in [0.25, 0.3) is 0 Å². The number of hydrogen-bond acceptors (Lipinski definition) is 4. The number of nitrogens with one attached hydrogen (secondary N) is 1. The highest BCUT2D eigenvalue weighted by molar-refractivity contribution is 5.88. The molecule has 0 unspecified atom stereocenters. The maximum absolute atomic E-state index is 10.9. The Hall–Kier alpha value is -1.59. The van der Waals surface area contributed by atoms with Crippen LogP contribution in [0.3, 0.4) is 0 Å². The van der Waals surface area contributed by atoms with Crippen molar-refractivity contribution in [2.24, 2.45) is 0 Å². The molecule has 0 radical (unpaired) electrons. The number of ether oxygens (including phenoxy) is 2. The number of benzene rings is 1. The summed E-state index contributed by atoms with van der Waals surface area (Å²) in [6.45, 7) is 2.61. The Bertz CT molecular complexity index is 354. The molecule has 0 spiro atoms. The van der Waals surface area contributed by atoms with Crippen LogP contribution < -0.4 is 10.1 Å². The van der Waals surface area contributed by atoms with E-state index in [0.717, 1.165) is 0 Å². The molecule has 94 valence electrons. The minimum atomic E-state index is -0.117. The van der Waals surface area contributed by atoms with Gasteiger partial charge >= 0.3 is 0 Å². The number of anilines is 1. The standard InChI is InChI=1S/C12H17NO4/c1-10(15)13-11-3-2-4-12(9-11)17-8-7-16-6-5-14/h2-4,9,14H,5-8H2,1H3,(H,13,15). The molecule has 1 amide bonds. The van der Waals surface area contributed by atoms with E-state index in [1.807, 2.05) is 0 Å². The summed E-state index contributed by atoms with van der Waals surface area (Å²) < 4.78 is 10.5. The summed E-state index contributed by atoms with van der Waals surface area (Å²) in [4.78, 5) is 10.9. The lowest BCUT2D eigenvalue weighted by molar-refractivity contribution is -0.114. The van der Waals surface area contributed by atoms with Crippen LogP contribution in [0.15, 0.2) is 24.3 Å². The lowest BCUT2D eigenvalue weighted by atomic mass is 10.3. The predicted molar refractivity (Wildman–Crippen MR) is 64.1 cm³/mol. The molecule has 0 heterocycles. The van der Waals surface area contributed by atoms with Crippen molar-refractivity contribution in [3.63, 3.8) is 0 Å². The summed E-state index contributed by atoms with van der Waals surface area (Å²) in [5, 5.41) is 11.2. The van der Waals surface area contributed by atoms with Gasteiger partial charge in [-0.2, -0.15) is 0 Å². The van der Waals surface area contributed by atoms with Crippen LogP contribution in [0, 0.1) is 0 Å². The van der Waals surface area contributed by atoms with Crippen LogP contribution in [0.2, 0.25) is 0 Å². The molecule has 1 aromatic rings. The van der Waals surface area contributed by atoms with Crippen molar-refractivity contribution in [1.29, 1.82) is 0 Å². The van der Waals surface area contributed by atoms with Crippen LogP contribution in [0.1, 0.15) is 6.92 Å². The first-order valence-corrected chi connectivity index (χ1v) is 5.41. The van der Waals surface area contributed by atoms with Gasteiger partial charge in [0.1, 0.15) is 12.4 Å². The summed E-state index contributed by atoms with van der Waals surface area (Å²) in [5.74, 6) is 0.553. The lowest BCUT2D eigenvalue weighted by Crippen LogP contribution is -2.09. The number of aliphatic hydroxyl groups is 1. The fraction of sp³-hybridized carbons (Fsp3) is 0.417. The molecule has 0 bridgehead atoms. The second-order valence-electron chi connectivity index (χ2n) is 3.39. The molecular weight excluding hydrogens is 222 g/mol. The lowest BCUT2D eigenvalue weighted by Gasteiger charge is -2.08. The van der Waals surface area contributed by atoms with E-state index in [0.29, 0.717) is 31.3 Å². The molecule has 2 N–H and O–H groups in total. The van der Waals surface area contributed by atoms with Crippen LogP contribution >= 0.6 is 0 Å². The highest BCUT2D eigenvalue weighted by Crippen LogP contribution is 2.17. The van der Waals surface area contributed by atoms with E-state index in [4.69, 9.17) is 14.6 Å². The first-order valence-electron chi connectivity index (χ1n) is 5.41. The molecule has 0 aliphatic rings. The fourth-order valence-corrected chi connectivity index (χ4v) is 1.25. The number of carbonyl (C=O) groups is 1. The van der Waals surface area contributed by atoms with Gasteiger partial charge in [0.05, 0.1) is 19.8 Å². The fourth-order valence-electron chi connectivity index (χ4n) is 1.25. The molecule has 0 atom stereocenters. The number of amides is 1. The smallest absolute Gasteiger partial charge is 0.221 e. The zero-order chi connectivity index (χ0) is 12.5. The van der Waals surface area contributed by atoms with Gasteiger partial charge in [-0.05, 0) is 12.1 Å². The van der Waals surface area contributed by atoms with Crippen molar-refractivity contribution in [1.82, 2.24) is 0 Å². The third-order valence-electron chi connectivity index (χ3n) is 1.89. The Balaban J connectivity index is 2.35. The summed E-state index contributed by atoms with van der Waals surface area (Å²) in [6, 6.07) is 7.14. The molecule has 0 aromatic heterocycles. The predicted octanol–water partition coefficient (Wildman–Crippen LogP) is 1.03. The van der Waals surface area contributed by atoms with Gasteiger partial charge in [-0.25, -0.2) is 0 Å². The van der Waals surface area contributed by atoms with E-state index >= 15 is 0 Å². The van der Waals surface area contributed by atoms with Gasteiger partial charge in [0.2, 0.25) is 5.91 Å². The Labute approximate surface area is 100 Å². The molecule has 5 nitrogen and oxygen atoms in total. The van der Waals surface area contributed by atoms with Crippen molar-refractivity contribution in [3.8, 4) is 5.75 Å². The van der Waals surface area contributed by atoms with Crippen LogP contribution in [0.25, 0.3) is 0 Å². The molecular formula is C12H17NO4. The van der Waals surface area contributed by atoms with E-state index in [-0.39, 0.29) is 12.5 Å². The highest BCUT2D eigenvalue weighted by Gasteiger charge is 1.98. The van der Waals surface area contributed by atoms with Gasteiger partial charge in [-0.1, -0.05) is 6.07 Å². The molecule has 0 aliphatic carbocycles. The quantitative estimate of drug-likeness (QED) is 0.697. The Morgan fingerprint density at radius 1 is 1.35 bits per heavy atom. The summed E-state index contributed by atoms with van der Waals surface area (Å²) in [6.07, 6.45) is 0. The zero-order valence-corrected chi connectivity index (χ0v) is 9.81. The van der Waals surface area contributed by atoms with Crippen molar-refractivity contribution < 1.29 is 19.4 Å². The van der Waals surface area contributed by atoms with Gasteiger partial charge < -0.3 is 19.9 Å². The van der Waals surface area contributed by atoms with Crippen LogP contribution in [0.5, 0.6) is 5.75 Å². The van der Waals surface area contributed by atoms with Crippen molar-refractivity contribution >= 4 is 11.6 Å². The second-order valence-corrected chi connectivity index (χ2v) is 3.39. The average molecular weight is 239 g/mol. The molecule has 17 heavy (non-hydrogen) atoms. The maximum Gasteiger partial charge on any atom is 0.221 e. The SMILES string of the molecule is CC(=O)Nc1cccc(OCCOCCO)c1. The molecule has 0 saturated heterocycles. The first-order chi connectivity index (χ1) is 8.22. The summed E-state index contributed by atoms with van der Waals surface area (Å²) in [5.41, 5.74) is 0.700. The highest BCUT2D eigenvalue weighted by atomic mass is 16.5. The Morgan fingerprint density at radius 3 is 2.88 bits per heavy atom. The van der Waals surface area contributed by atoms with Crippen molar-refractivity contribution in [2.75, 3.05) is 31.7 Å². The normalized spacial score (nSPS) is 10.0. The van der Waals surface area contributed by atoms with E-state index in [2.05, 4.69) is 5.32 Å². The maximum atomic E-state index is 10.9. The topological polar surface area (TPSA) is 67.8 Å². The third-order valence-corrected chi connectivity index (χ3v) is 1.89. The van der Waals surface area contributed by atoms with E-state index < -0.39 is 0 Å². The van der Waals surface area contributed by atoms with Gasteiger partial charge in [0.15, 0.2) is 0 Å². The molecule has 1 aromatic carbocycles. The molecule has 5 heteroatoms. The minimum absolute atomic E-state index is 0.0119. The van der Waals surface area contributed by atoms with Gasteiger partial charge in [-0.3, -0.25) is 4.79 Å². The van der Waals surface area contributed by atoms with Crippen LogP contribution in [0.4, 0.5) is 5.69 Å². The number of rotatable bonds is 7. The molecule has 1 rings (SSSR count). The Kier molecular flexibility index (Phi) is 6.06. The van der Waals surface area contributed by atoms with E-state index in [1.54, 1.807) is 24.3 Å². The van der Waals surface area contributed by atoms with Crippen molar-refractivity contribution in [3.05, 3.63) is 24.3 Å². The number of hydrogen-bond donors (Lipinski definition) is 2. The third kappa shape index (κ3) is 5.89. The zero-order valence-electron chi connectivity index (χ0n) is 9.81. The monoisotopic (exact) mass is 239 g/mol. The first kappa shape index (κ1) is 13.5. The molecule has 0 saturated carbocycles. The second kappa shape index (κ2) is 7.65. The molecule has 0 aliphatic heterocycles. The van der Waals surface area contributed by atoms with Crippen LogP contribution in [-0.2, 0) is 9.53 Å². The number of carbonyl (C=O) groups excluding carboxylic acids is 1. The largest absolute Gasteiger partial charge is 0.491 e. The van der Waals surface area contributed by atoms with E-state index in [9.17, 15) is 4.79 Å². The average Bonchev–Trinajstić information content (AvgIpc) is 2.28. The molecule has 0 fully saturated rings. The summed E-state index contributed by atoms with van der Waals surface area (Å²) >= 11 is 0. The number of aliphatic hydroxyl groups excluding tert-OH is 1.